The zero-order chi connectivity index (χ0) is 12.4. The Morgan fingerprint density at radius 3 is 2.94 bits per heavy atom. The first kappa shape index (κ1) is 12.1. The number of anilines is 1. The fraction of sp³-hybridized carbons (Fsp3) is 0.500. The lowest BCUT2D eigenvalue weighted by molar-refractivity contribution is -0.121. The lowest BCUT2D eigenvalue weighted by Crippen LogP contribution is -2.38. The van der Waals surface area contributed by atoms with Gasteiger partial charge in [-0.3, -0.25) is 4.79 Å². The molecule has 1 aromatic heterocycles. The van der Waals surface area contributed by atoms with Gasteiger partial charge in [0.15, 0.2) is 10.3 Å². The highest BCUT2D eigenvalue weighted by molar-refractivity contribution is 7.16. The molecule has 1 aliphatic carbocycles. The number of nitrogens with one attached hydrogen (secondary N) is 2. The van der Waals surface area contributed by atoms with E-state index in [4.69, 9.17) is 16.9 Å². The van der Waals surface area contributed by atoms with Crippen molar-refractivity contribution in [2.75, 3.05) is 5.32 Å². The van der Waals surface area contributed by atoms with E-state index in [1.807, 2.05) is 6.07 Å². The normalized spacial score (nSPS) is 16.1. The van der Waals surface area contributed by atoms with E-state index in [1.165, 1.54) is 0 Å². The average molecular weight is 271 g/mol. The van der Waals surface area contributed by atoms with Crippen LogP contribution in [-0.4, -0.2) is 23.0 Å². The van der Waals surface area contributed by atoms with Crippen LogP contribution in [0.2, 0.25) is 5.15 Å². The number of carbonyl (C=O) groups excluding carboxylic acids is 1. The fourth-order valence-electron chi connectivity index (χ4n) is 1.24. The van der Waals surface area contributed by atoms with E-state index in [9.17, 15) is 4.79 Å². The van der Waals surface area contributed by atoms with Gasteiger partial charge in [-0.15, -0.1) is 0 Å². The summed E-state index contributed by atoms with van der Waals surface area (Å²) < 4.78 is 0. The molecule has 7 heteroatoms. The molecule has 90 valence electrons. The van der Waals surface area contributed by atoms with Crippen LogP contribution in [0.1, 0.15) is 24.6 Å². The van der Waals surface area contributed by atoms with Crippen molar-refractivity contribution in [3.63, 3.8) is 0 Å². The summed E-state index contributed by atoms with van der Waals surface area (Å²) in [6, 6.07) is 1.89. The Labute approximate surface area is 108 Å². The van der Waals surface area contributed by atoms with Crippen molar-refractivity contribution in [1.29, 1.82) is 5.26 Å². The Bertz CT molecular complexity index is 477. The van der Waals surface area contributed by atoms with Crippen LogP contribution in [-0.2, 0) is 4.79 Å². The number of aromatic nitrogens is 1. The number of hydrogen-bond acceptors (Lipinski definition) is 5. The van der Waals surface area contributed by atoms with E-state index < -0.39 is 0 Å². The third kappa shape index (κ3) is 3.08. The van der Waals surface area contributed by atoms with Gasteiger partial charge >= 0.3 is 0 Å². The van der Waals surface area contributed by atoms with Gasteiger partial charge in [0, 0.05) is 6.04 Å². The molecule has 0 spiro atoms. The summed E-state index contributed by atoms with van der Waals surface area (Å²) in [6.07, 6.45) is 2.11. The maximum Gasteiger partial charge on any atom is 0.242 e. The molecule has 0 radical (unpaired) electrons. The standard InChI is InChI=1S/C10H11ClN4OS/c1-5(9(16)14-6-2-3-6)13-10-15-8(11)7(4-12)17-10/h5-6H,2-3H2,1H3,(H,13,15)(H,14,16). The number of carbonyl (C=O) groups is 1. The molecule has 5 nitrogen and oxygen atoms in total. The molecule has 0 aromatic carbocycles. The van der Waals surface area contributed by atoms with Gasteiger partial charge in [-0.1, -0.05) is 22.9 Å². The van der Waals surface area contributed by atoms with Gasteiger partial charge in [0.05, 0.1) is 0 Å². The van der Waals surface area contributed by atoms with E-state index in [2.05, 4.69) is 15.6 Å². The Hall–Kier alpha value is -1.32. The Balaban J connectivity index is 1.94. The topological polar surface area (TPSA) is 77.8 Å². The molecule has 17 heavy (non-hydrogen) atoms. The van der Waals surface area contributed by atoms with Gasteiger partial charge in [0.25, 0.3) is 0 Å². The molecule has 0 aliphatic heterocycles. The number of halogens is 1. The molecule has 1 unspecified atom stereocenters. The molecule has 1 fully saturated rings. The second kappa shape index (κ2) is 4.90. The molecule has 1 saturated carbocycles. The zero-order valence-electron chi connectivity index (χ0n) is 9.16. The van der Waals surface area contributed by atoms with E-state index in [0.29, 0.717) is 16.1 Å². The van der Waals surface area contributed by atoms with Crippen molar-refractivity contribution < 1.29 is 4.79 Å². The average Bonchev–Trinajstić information content (AvgIpc) is 3.02. The Kier molecular flexibility index (Phi) is 3.50. The SMILES string of the molecule is CC(Nc1nc(Cl)c(C#N)s1)C(=O)NC1CC1. The van der Waals surface area contributed by atoms with Crippen LogP contribution in [0.5, 0.6) is 0 Å². The molecular formula is C10H11ClN4OS. The highest BCUT2D eigenvalue weighted by Gasteiger charge is 2.26. The summed E-state index contributed by atoms with van der Waals surface area (Å²) in [6.45, 7) is 1.75. The molecule has 1 aromatic rings. The maximum absolute atomic E-state index is 11.7. The lowest BCUT2D eigenvalue weighted by atomic mass is 10.3. The predicted octanol–water partition coefficient (Wildman–Crippen LogP) is 1.75. The molecule has 0 bridgehead atoms. The van der Waals surface area contributed by atoms with E-state index in [0.717, 1.165) is 24.2 Å². The van der Waals surface area contributed by atoms with Crippen LogP contribution in [0.4, 0.5) is 5.13 Å². The maximum atomic E-state index is 11.7. The predicted molar refractivity (Wildman–Crippen MR) is 66.1 cm³/mol. The van der Waals surface area contributed by atoms with Gasteiger partial charge < -0.3 is 10.6 Å². The molecule has 1 atom stereocenters. The second-order valence-corrected chi connectivity index (χ2v) is 5.26. The first-order valence-electron chi connectivity index (χ1n) is 5.23. The summed E-state index contributed by atoms with van der Waals surface area (Å²) in [5.41, 5.74) is 0. The molecule has 1 aliphatic rings. The van der Waals surface area contributed by atoms with Crippen LogP contribution in [0.3, 0.4) is 0 Å². The second-order valence-electron chi connectivity index (χ2n) is 3.90. The molecule has 2 N–H and O–H groups in total. The lowest BCUT2D eigenvalue weighted by Gasteiger charge is -2.12. The highest BCUT2D eigenvalue weighted by atomic mass is 35.5. The molecule has 0 saturated heterocycles. The number of nitrogens with zero attached hydrogens (tertiary/aromatic N) is 2. The summed E-state index contributed by atoms with van der Waals surface area (Å²) in [7, 11) is 0. The van der Waals surface area contributed by atoms with E-state index in [1.54, 1.807) is 6.92 Å². The third-order valence-electron chi connectivity index (χ3n) is 2.34. The minimum atomic E-state index is -0.385. The van der Waals surface area contributed by atoms with E-state index in [-0.39, 0.29) is 17.1 Å². The Morgan fingerprint density at radius 2 is 2.41 bits per heavy atom. The number of hydrogen-bond donors (Lipinski definition) is 2. The van der Waals surface area contributed by atoms with Gasteiger partial charge in [-0.05, 0) is 19.8 Å². The number of thiazole rings is 1. The van der Waals surface area contributed by atoms with Crippen molar-refractivity contribution in [3.05, 3.63) is 10.0 Å². The highest BCUT2D eigenvalue weighted by Crippen LogP contribution is 2.26. The monoisotopic (exact) mass is 270 g/mol. The van der Waals surface area contributed by atoms with Crippen molar-refractivity contribution in [2.24, 2.45) is 0 Å². The summed E-state index contributed by atoms with van der Waals surface area (Å²) in [5, 5.41) is 15.2. The van der Waals surface area contributed by atoms with Crippen LogP contribution in [0.25, 0.3) is 0 Å². The van der Waals surface area contributed by atoms with Crippen LogP contribution in [0, 0.1) is 11.3 Å². The van der Waals surface area contributed by atoms with Gasteiger partial charge in [0.2, 0.25) is 5.91 Å². The largest absolute Gasteiger partial charge is 0.352 e. The zero-order valence-corrected chi connectivity index (χ0v) is 10.7. The minimum absolute atomic E-state index is 0.0580. The summed E-state index contributed by atoms with van der Waals surface area (Å²) in [5.74, 6) is -0.0580. The summed E-state index contributed by atoms with van der Waals surface area (Å²) in [4.78, 5) is 16.0. The number of nitriles is 1. The van der Waals surface area contributed by atoms with Gasteiger partial charge in [-0.25, -0.2) is 4.98 Å². The molecule has 1 amide bonds. The smallest absolute Gasteiger partial charge is 0.242 e. The van der Waals surface area contributed by atoms with Crippen molar-refractivity contribution in [1.82, 2.24) is 10.3 Å². The number of amides is 1. The van der Waals surface area contributed by atoms with Crippen molar-refractivity contribution >= 4 is 34.0 Å². The molecule has 1 heterocycles. The van der Waals surface area contributed by atoms with Crippen molar-refractivity contribution in [3.8, 4) is 6.07 Å². The molecular weight excluding hydrogens is 260 g/mol. The first-order valence-corrected chi connectivity index (χ1v) is 6.43. The fourth-order valence-corrected chi connectivity index (χ4v) is 2.27. The first-order chi connectivity index (χ1) is 8.10. The van der Waals surface area contributed by atoms with Gasteiger partial charge in [0.1, 0.15) is 17.0 Å². The minimum Gasteiger partial charge on any atom is -0.352 e. The summed E-state index contributed by atoms with van der Waals surface area (Å²) >= 11 is 6.88. The number of rotatable bonds is 4. The Morgan fingerprint density at radius 1 is 1.71 bits per heavy atom. The van der Waals surface area contributed by atoms with Crippen LogP contribution in [0.15, 0.2) is 0 Å². The third-order valence-corrected chi connectivity index (χ3v) is 3.62. The van der Waals surface area contributed by atoms with E-state index >= 15 is 0 Å². The van der Waals surface area contributed by atoms with Crippen LogP contribution < -0.4 is 10.6 Å². The quantitative estimate of drug-likeness (QED) is 0.874. The van der Waals surface area contributed by atoms with Crippen LogP contribution >= 0.6 is 22.9 Å². The van der Waals surface area contributed by atoms with Gasteiger partial charge in [-0.2, -0.15) is 5.26 Å². The molecule has 2 rings (SSSR count). The van der Waals surface area contributed by atoms with Crippen molar-refractivity contribution in [2.45, 2.75) is 31.8 Å².